The molecule has 2 heterocycles. The maximum absolute atomic E-state index is 4.65. The van der Waals surface area contributed by atoms with E-state index in [4.69, 9.17) is 0 Å². The second kappa shape index (κ2) is 7.81. The summed E-state index contributed by atoms with van der Waals surface area (Å²) in [6, 6.07) is 12.5. The summed E-state index contributed by atoms with van der Waals surface area (Å²) in [5, 5.41) is 3.37. The van der Waals surface area contributed by atoms with Crippen LogP contribution in [0.25, 0.3) is 0 Å². The van der Waals surface area contributed by atoms with E-state index in [1.54, 1.807) is 0 Å². The van der Waals surface area contributed by atoms with Crippen LogP contribution < -0.4 is 15.1 Å². The first-order valence-corrected chi connectivity index (χ1v) is 8.48. The van der Waals surface area contributed by atoms with Crippen molar-refractivity contribution >= 4 is 17.5 Å². The first-order chi connectivity index (χ1) is 11.4. The van der Waals surface area contributed by atoms with Crippen molar-refractivity contribution in [1.29, 1.82) is 0 Å². The van der Waals surface area contributed by atoms with Crippen molar-refractivity contribution in [3.8, 4) is 0 Å². The van der Waals surface area contributed by atoms with Crippen LogP contribution >= 0.6 is 0 Å². The molecule has 0 saturated carbocycles. The molecule has 0 spiro atoms. The van der Waals surface area contributed by atoms with Gasteiger partial charge in [0.25, 0.3) is 0 Å². The van der Waals surface area contributed by atoms with E-state index in [1.165, 1.54) is 12.1 Å². The molecule has 23 heavy (non-hydrogen) atoms. The third kappa shape index (κ3) is 4.12. The maximum Gasteiger partial charge on any atom is 0.227 e. The zero-order valence-electron chi connectivity index (χ0n) is 13.8. The number of para-hydroxylation sites is 1. The Bertz CT molecular complexity index is 593. The Morgan fingerprint density at radius 1 is 1.00 bits per heavy atom. The summed E-state index contributed by atoms with van der Waals surface area (Å²) in [7, 11) is 0. The number of rotatable bonds is 6. The van der Waals surface area contributed by atoms with Crippen molar-refractivity contribution in [2.45, 2.75) is 19.8 Å². The van der Waals surface area contributed by atoms with Gasteiger partial charge in [-0.15, -0.1) is 0 Å². The molecule has 1 aliphatic rings. The number of nitrogens with zero attached hydrogens (tertiary/aromatic N) is 4. The largest absolute Gasteiger partial charge is 0.370 e. The lowest BCUT2D eigenvalue weighted by atomic mass is 10.2. The molecule has 1 aromatic heterocycles. The number of piperazine rings is 1. The van der Waals surface area contributed by atoms with Gasteiger partial charge in [-0.3, -0.25) is 0 Å². The molecule has 1 aromatic carbocycles. The summed E-state index contributed by atoms with van der Waals surface area (Å²) in [5.41, 5.74) is 1.29. The predicted octanol–water partition coefficient (Wildman–Crippen LogP) is 3.02. The normalized spacial score (nSPS) is 14.8. The molecule has 0 bridgehead atoms. The van der Waals surface area contributed by atoms with E-state index in [1.807, 2.05) is 12.3 Å². The molecule has 0 aliphatic carbocycles. The average Bonchev–Trinajstić information content (AvgIpc) is 2.63. The summed E-state index contributed by atoms with van der Waals surface area (Å²) in [5.74, 6) is 1.76. The molecule has 1 saturated heterocycles. The fourth-order valence-electron chi connectivity index (χ4n) is 2.80. The average molecular weight is 311 g/mol. The van der Waals surface area contributed by atoms with Crippen molar-refractivity contribution in [3.63, 3.8) is 0 Å². The third-order valence-corrected chi connectivity index (χ3v) is 4.16. The van der Waals surface area contributed by atoms with Gasteiger partial charge in [0.05, 0.1) is 0 Å². The van der Waals surface area contributed by atoms with Crippen molar-refractivity contribution in [3.05, 3.63) is 42.6 Å². The Hall–Kier alpha value is -2.30. The second-order valence-corrected chi connectivity index (χ2v) is 5.83. The van der Waals surface area contributed by atoms with E-state index in [-0.39, 0.29) is 0 Å². The number of hydrogen-bond donors (Lipinski definition) is 1. The van der Waals surface area contributed by atoms with Gasteiger partial charge in [0.2, 0.25) is 5.95 Å². The molecule has 3 rings (SSSR count). The van der Waals surface area contributed by atoms with Crippen LogP contribution in [0, 0.1) is 0 Å². The molecule has 5 heteroatoms. The molecular weight excluding hydrogens is 286 g/mol. The Morgan fingerprint density at radius 3 is 2.48 bits per heavy atom. The van der Waals surface area contributed by atoms with E-state index < -0.39 is 0 Å². The second-order valence-electron chi connectivity index (χ2n) is 5.83. The van der Waals surface area contributed by atoms with Crippen LogP contribution in [0.15, 0.2) is 42.6 Å². The van der Waals surface area contributed by atoms with Crippen LogP contribution in [-0.2, 0) is 0 Å². The van der Waals surface area contributed by atoms with Crippen molar-refractivity contribution < 1.29 is 0 Å². The molecular formula is C18H25N5. The van der Waals surface area contributed by atoms with Crippen LogP contribution in [0.2, 0.25) is 0 Å². The first kappa shape index (κ1) is 15.6. The third-order valence-electron chi connectivity index (χ3n) is 4.16. The minimum Gasteiger partial charge on any atom is -0.370 e. The standard InChI is InChI=1S/C18H25N5/c1-2-3-10-19-17-9-11-20-18(21-17)23-14-12-22(13-15-23)16-7-5-4-6-8-16/h4-9,11H,2-3,10,12-15H2,1H3,(H,19,20,21). The van der Waals surface area contributed by atoms with Crippen LogP contribution in [0.4, 0.5) is 17.5 Å². The van der Waals surface area contributed by atoms with Crippen LogP contribution in [0.1, 0.15) is 19.8 Å². The maximum atomic E-state index is 4.65. The lowest BCUT2D eigenvalue weighted by molar-refractivity contribution is 0.640. The summed E-state index contributed by atoms with van der Waals surface area (Å²) < 4.78 is 0. The number of unbranched alkanes of at least 4 members (excludes halogenated alkanes) is 1. The Morgan fingerprint density at radius 2 is 1.74 bits per heavy atom. The molecule has 2 aromatic rings. The highest BCUT2D eigenvalue weighted by Crippen LogP contribution is 2.18. The van der Waals surface area contributed by atoms with Gasteiger partial charge in [0.15, 0.2) is 0 Å². The highest BCUT2D eigenvalue weighted by Gasteiger charge is 2.19. The van der Waals surface area contributed by atoms with E-state index in [0.717, 1.165) is 50.9 Å². The fraction of sp³-hybridized carbons (Fsp3) is 0.444. The van der Waals surface area contributed by atoms with Gasteiger partial charge in [0, 0.05) is 44.6 Å². The van der Waals surface area contributed by atoms with E-state index in [2.05, 4.69) is 62.3 Å². The van der Waals surface area contributed by atoms with Gasteiger partial charge in [0.1, 0.15) is 5.82 Å². The summed E-state index contributed by atoms with van der Waals surface area (Å²) in [4.78, 5) is 13.8. The summed E-state index contributed by atoms with van der Waals surface area (Å²) >= 11 is 0. The van der Waals surface area contributed by atoms with Crippen molar-refractivity contribution in [1.82, 2.24) is 9.97 Å². The Kier molecular flexibility index (Phi) is 5.29. The van der Waals surface area contributed by atoms with Crippen LogP contribution in [-0.4, -0.2) is 42.7 Å². The predicted molar refractivity (Wildman–Crippen MR) is 96.3 cm³/mol. The van der Waals surface area contributed by atoms with Gasteiger partial charge in [-0.05, 0) is 24.6 Å². The fourth-order valence-corrected chi connectivity index (χ4v) is 2.80. The summed E-state index contributed by atoms with van der Waals surface area (Å²) in [6.07, 6.45) is 4.20. The first-order valence-electron chi connectivity index (χ1n) is 8.48. The Balaban J connectivity index is 1.58. The lowest BCUT2D eigenvalue weighted by Gasteiger charge is -2.36. The smallest absolute Gasteiger partial charge is 0.227 e. The molecule has 1 N–H and O–H groups in total. The van der Waals surface area contributed by atoms with Crippen LogP contribution in [0.3, 0.4) is 0 Å². The van der Waals surface area contributed by atoms with E-state index >= 15 is 0 Å². The zero-order chi connectivity index (χ0) is 15.9. The van der Waals surface area contributed by atoms with Crippen molar-refractivity contribution in [2.24, 2.45) is 0 Å². The lowest BCUT2D eigenvalue weighted by Crippen LogP contribution is -2.47. The Labute approximate surface area is 138 Å². The molecule has 122 valence electrons. The zero-order valence-corrected chi connectivity index (χ0v) is 13.8. The molecule has 0 amide bonds. The number of nitrogens with one attached hydrogen (secondary N) is 1. The molecule has 0 atom stereocenters. The van der Waals surface area contributed by atoms with Gasteiger partial charge in [-0.25, -0.2) is 4.98 Å². The molecule has 1 aliphatic heterocycles. The quantitative estimate of drug-likeness (QED) is 0.831. The van der Waals surface area contributed by atoms with E-state index in [0.29, 0.717) is 0 Å². The highest BCUT2D eigenvalue weighted by atomic mass is 15.3. The molecule has 0 unspecified atom stereocenters. The molecule has 0 radical (unpaired) electrons. The highest BCUT2D eigenvalue weighted by molar-refractivity contribution is 5.49. The monoisotopic (exact) mass is 311 g/mol. The van der Waals surface area contributed by atoms with E-state index in [9.17, 15) is 0 Å². The number of anilines is 3. The van der Waals surface area contributed by atoms with Gasteiger partial charge in [-0.1, -0.05) is 31.5 Å². The number of hydrogen-bond acceptors (Lipinski definition) is 5. The number of aromatic nitrogens is 2. The SMILES string of the molecule is CCCCNc1ccnc(N2CCN(c3ccccc3)CC2)n1. The van der Waals surface area contributed by atoms with Gasteiger partial charge in [-0.2, -0.15) is 4.98 Å². The van der Waals surface area contributed by atoms with Gasteiger partial charge >= 0.3 is 0 Å². The van der Waals surface area contributed by atoms with Crippen molar-refractivity contribution in [2.75, 3.05) is 47.8 Å². The molecule has 1 fully saturated rings. The number of benzene rings is 1. The van der Waals surface area contributed by atoms with Crippen LogP contribution in [0.5, 0.6) is 0 Å². The minimum absolute atomic E-state index is 0.833. The summed E-state index contributed by atoms with van der Waals surface area (Å²) in [6.45, 7) is 7.07. The minimum atomic E-state index is 0.833. The topological polar surface area (TPSA) is 44.3 Å². The van der Waals surface area contributed by atoms with Gasteiger partial charge < -0.3 is 15.1 Å². The molecule has 5 nitrogen and oxygen atoms in total.